The first kappa shape index (κ1) is 9.50. The predicted molar refractivity (Wildman–Crippen MR) is 56.3 cm³/mol. The number of ether oxygens (including phenoxy) is 1. The summed E-state index contributed by atoms with van der Waals surface area (Å²) in [5.74, 6) is 1.86. The van der Waals surface area contributed by atoms with Crippen LogP contribution in [0.1, 0.15) is 32.1 Å². The van der Waals surface area contributed by atoms with Gasteiger partial charge in [-0.05, 0) is 24.5 Å². The molecule has 1 fully saturated rings. The van der Waals surface area contributed by atoms with E-state index in [-0.39, 0.29) is 0 Å². The van der Waals surface area contributed by atoms with Gasteiger partial charge in [-0.25, -0.2) is 0 Å². The zero-order valence-corrected chi connectivity index (χ0v) is 8.48. The minimum Gasteiger partial charge on any atom is -0.493 e. The SMILES string of the molecule is c1cc(OCCC2CCCC2)ccn1. The third-order valence-electron chi connectivity index (χ3n) is 2.92. The lowest BCUT2D eigenvalue weighted by atomic mass is 10.1. The minimum atomic E-state index is 0.856. The van der Waals surface area contributed by atoms with Crippen LogP contribution in [0.2, 0.25) is 0 Å². The third kappa shape index (κ3) is 2.72. The highest BCUT2D eigenvalue weighted by Crippen LogP contribution is 2.27. The van der Waals surface area contributed by atoms with Crippen molar-refractivity contribution >= 4 is 0 Å². The maximum atomic E-state index is 5.63. The van der Waals surface area contributed by atoms with Gasteiger partial charge in [-0.15, -0.1) is 0 Å². The van der Waals surface area contributed by atoms with Crippen LogP contribution in [0.25, 0.3) is 0 Å². The van der Waals surface area contributed by atoms with Gasteiger partial charge in [-0.3, -0.25) is 4.98 Å². The second kappa shape index (κ2) is 4.99. The zero-order chi connectivity index (χ0) is 9.64. The van der Waals surface area contributed by atoms with E-state index in [1.54, 1.807) is 12.4 Å². The number of pyridine rings is 1. The van der Waals surface area contributed by atoms with Crippen molar-refractivity contribution in [1.29, 1.82) is 0 Å². The summed E-state index contributed by atoms with van der Waals surface area (Å²) < 4.78 is 5.63. The molecule has 0 amide bonds. The fourth-order valence-corrected chi connectivity index (χ4v) is 2.08. The molecule has 0 N–H and O–H groups in total. The molecule has 1 heterocycles. The van der Waals surface area contributed by atoms with Gasteiger partial charge >= 0.3 is 0 Å². The van der Waals surface area contributed by atoms with Crippen molar-refractivity contribution in [3.05, 3.63) is 24.5 Å². The Morgan fingerprint density at radius 3 is 2.64 bits per heavy atom. The molecule has 0 aromatic carbocycles. The summed E-state index contributed by atoms with van der Waals surface area (Å²) in [6, 6.07) is 3.82. The first-order valence-corrected chi connectivity index (χ1v) is 5.48. The summed E-state index contributed by atoms with van der Waals surface area (Å²) in [6.45, 7) is 0.856. The number of hydrogen-bond donors (Lipinski definition) is 0. The Labute approximate surface area is 85.3 Å². The molecule has 1 aromatic heterocycles. The second-order valence-corrected chi connectivity index (χ2v) is 3.97. The molecule has 14 heavy (non-hydrogen) atoms. The van der Waals surface area contributed by atoms with E-state index in [0.29, 0.717) is 0 Å². The molecule has 2 nitrogen and oxygen atoms in total. The van der Waals surface area contributed by atoms with Crippen LogP contribution in [-0.2, 0) is 0 Å². The van der Waals surface area contributed by atoms with Gasteiger partial charge in [-0.2, -0.15) is 0 Å². The standard InChI is InChI=1S/C12H17NO/c1-2-4-11(3-1)7-10-14-12-5-8-13-9-6-12/h5-6,8-9,11H,1-4,7,10H2. The molecule has 0 spiro atoms. The van der Waals surface area contributed by atoms with E-state index < -0.39 is 0 Å². The molecule has 0 radical (unpaired) electrons. The van der Waals surface area contributed by atoms with Gasteiger partial charge in [0.1, 0.15) is 5.75 Å². The first-order valence-electron chi connectivity index (χ1n) is 5.48. The highest BCUT2D eigenvalue weighted by Gasteiger charge is 2.14. The summed E-state index contributed by atoms with van der Waals surface area (Å²) in [4.78, 5) is 3.95. The summed E-state index contributed by atoms with van der Waals surface area (Å²) in [5, 5.41) is 0. The lowest BCUT2D eigenvalue weighted by Gasteiger charge is -2.09. The molecule has 76 valence electrons. The molecule has 1 aliphatic carbocycles. The zero-order valence-electron chi connectivity index (χ0n) is 8.48. The van der Waals surface area contributed by atoms with E-state index in [4.69, 9.17) is 4.74 Å². The van der Waals surface area contributed by atoms with Crippen LogP contribution in [0.5, 0.6) is 5.75 Å². The van der Waals surface area contributed by atoms with Crippen molar-refractivity contribution < 1.29 is 4.74 Å². The molecular formula is C12H17NO. The number of nitrogens with zero attached hydrogens (tertiary/aromatic N) is 1. The Morgan fingerprint density at radius 2 is 1.93 bits per heavy atom. The average molecular weight is 191 g/mol. The van der Waals surface area contributed by atoms with Crippen LogP contribution >= 0.6 is 0 Å². The Hall–Kier alpha value is -1.05. The Morgan fingerprint density at radius 1 is 1.21 bits per heavy atom. The van der Waals surface area contributed by atoms with Gasteiger partial charge < -0.3 is 4.74 Å². The summed E-state index contributed by atoms with van der Waals surface area (Å²) in [7, 11) is 0. The quantitative estimate of drug-likeness (QED) is 0.729. The first-order chi connectivity index (χ1) is 6.95. The van der Waals surface area contributed by atoms with E-state index in [2.05, 4.69) is 4.98 Å². The maximum absolute atomic E-state index is 5.63. The predicted octanol–water partition coefficient (Wildman–Crippen LogP) is 3.04. The highest BCUT2D eigenvalue weighted by molar-refractivity contribution is 5.16. The smallest absolute Gasteiger partial charge is 0.122 e. The van der Waals surface area contributed by atoms with E-state index in [0.717, 1.165) is 18.3 Å². The molecule has 1 saturated carbocycles. The largest absolute Gasteiger partial charge is 0.493 e. The lowest BCUT2D eigenvalue weighted by molar-refractivity contribution is 0.279. The van der Waals surface area contributed by atoms with Gasteiger partial charge in [0.25, 0.3) is 0 Å². The number of aromatic nitrogens is 1. The summed E-state index contributed by atoms with van der Waals surface area (Å²) in [5.41, 5.74) is 0. The van der Waals surface area contributed by atoms with Crippen LogP contribution in [0.15, 0.2) is 24.5 Å². The van der Waals surface area contributed by atoms with E-state index in [1.807, 2.05) is 12.1 Å². The molecular weight excluding hydrogens is 174 g/mol. The molecule has 0 aliphatic heterocycles. The maximum Gasteiger partial charge on any atom is 0.122 e. The Balaban J connectivity index is 1.67. The average Bonchev–Trinajstić information content (AvgIpc) is 2.72. The molecule has 2 heteroatoms. The van der Waals surface area contributed by atoms with Crippen LogP contribution in [0, 0.1) is 5.92 Å². The van der Waals surface area contributed by atoms with Gasteiger partial charge in [0.15, 0.2) is 0 Å². The number of hydrogen-bond acceptors (Lipinski definition) is 2. The molecule has 0 saturated heterocycles. The van der Waals surface area contributed by atoms with E-state index >= 15 is 0 Å². The van der Waals surface area contributed by atoms with Crippen molar-refractivity contribution in [2.24, 2.45) is 5.92 Å². The van der Waals surface area contributed by atoms with Gasteiger partial charge in [0.2, 0.25) is 0 Å². The van der Waals surface area contributed by atoms with Crippen molar-refractivity contribution in [2.75, 3.05) is 6.61 Å². The second-order valence-electron chi connectivity index (χ2n) is 3.97. The molecule has 0 bridgehead atoms. The number of rotatable bonds is 4. The normalized spacial score (nSPS) is 17.1. The fraction of sp³-hybridized carbons (Fsp3) is 0.583. The lowest BCUT2D eigenvalue weighted by Crippen LogP contribution is -2.03. The van der Waals surface area contributed by atoms with Gasteiger partial charge in [-0.1, -0.05) is 25.7 Å². The third-order valence-corrected chi connectivity index (χ3v) is 2.92. The highest BCUT2D eigenvalue weighted by atomic mass is 16.5. The van der Waals surface area contributed by atoms with Crippen LogP contribution in [0.3, 0.4) is 0 Å². The van der Waals surface area contributed by atoms with Crippen molar-refractivity contribution in [1.82, 2.24) is 4.98 Å². The van der Waals surface area contributed by atoms with Crippen LogP contribution in [-0.4, -0.2) is 11.6 Å². The molecule has 1 aliphatic rings. The van der Waals surface area contributed by atoms with Crippen molar-refractivity contribution in [3.63, 3.8) is 0 Å². The summed E-state index contributed by atoms with van der Waals surface area (Å²) >= 11 is 0. The fourth-order valence-electron chi connectivity index (χ4n) is 2.08. The van der Waals surface area contributed by atoms with Crippen LogP contribution in [0.4, 0.5) is 0 Å². The van der Waals surface area contributed by atoms with Crippen molar-refractivity contribution in [3.8, 4) is 5.75 Å². The van der Waals surface area contributed by atoms with Crippen molar-refractivity contribution in [2.45, 2.75) is 32.1 Å². The monoisotopic (exact) mass is 191 g/mol. The Bertz CT molecular complexity index is 254. The molecule has 0 atom stereocenters. The topological polar surface area (TPSA) is 22.1 Å². The van der Waals surface area contributed by atoms with Gasteiger partial charge in [0.05, 0.1) is 6.61 Å². The molecule has 2 rings (SSSR count). The minimum absolute atomic E-state index is 0.856. The summed E-state index contributed by atoms with van der Waals surface area (Å²) in [6.07, 6.45) is 10.4. The Kier molecular flexibility index (Phi) is 3.39. The van der Waals surface area contributed by atoms with E-state index in [1.165, 1.54) is 32.1 Å². The van der Waals surface area contributed by atoms with E-state index in [9.17, 15) is 0 Å². The van der Waals surface area contributed by atoms with Gasteiger partial charge in [0, 0.05) is 12.4 Å². The molecule has 0 unspecified atom stereocenters. The molecule has 1 aromatic rings. The van der Waals surface area contributed by atoms with Crippen LogP contribution < -0.4 is 4.74 Å².